The molecule has 1 saturated carbocycles. The molecule has 2 heteroatoms. The Morgan fingerprint density at radius 3 is 2.56 bits per heavy atom. The lowest BCUT2D eigenvalue weighted by atomic mass is 9.91. The Bertz CT molecular complexity index is 133. The predicted octanol–water partition coefficient (Wildman–Crippen LogP) is 0.513. The van der Waals surface area contributed by atoms with E-state index in [2.05, 4.69) is 6.92 Å². The Kier molecular flexibility index (Phi) is 0.945. The van der Waals surface area contributed by atoms with Gasteiger partial charge in [0.15, 0.2) is 0 Å². The quantitative estimate of drug-likeness (QED) is 0.514. The first-order valence-electron chi connectivity index (χ1n) is 3.57. The van der Waals surface area contributed by atoms with E-state index < -0.39 is 0 Å². The van der Waals surface area contributed by atoms with Gasteiger partial charge in [-0.3, -0.25) is 0 Å². The van der Waals surface area contributed by atoms with Gasteiger partial charge in [-0.1, -0.05) is 6.92 Å². The molecule has 0 aromatic carbocycles. The molecule has 0 aromatic heterocycles. The molecule has 2 aliphatic rings. The van der Waals surface area contributed by atoms with Crippen molar-refractivity contribution in [3.8, 4) is 0 Å². The molecule has 0 amide bonds. The maximum atomic E-state index is 5.78. The molecule has 0 aromatic rings. The average Bonchev–Trinajstić information content (AvgIpc) is 2.20. The molecule has 0 spiro atoms. The van der Waals surface area contributed by atoms with Crippen LogP contribution in [0.3, 0.4) is 0 Å². The van der Waals surface area contributed by atoms with Crippen LogP contribution in [0.4, 0.5) is 0 Å². The summed E-state index contributed by atoms with van der Waals surface area (Å²) in [6, 6.07) is 0.323. The second-order valence-electron chi connectivity index (χ2n) is 3.73. The minimum absolute atomic E-state index is 0.323. The predicted molar refractivity (Wildman–Crippen MR) is 35.1 cm³/mol. The minimum atomic E-state index is 0.323. The van der Waals surface area contributed by atoms with Crippen LogP contribution in [-0.2, 0) is 4.74 Å². The first-order chi connectivity index (χ1) is 4.20. The van der Waals surface area contributed by atoms with E-state index in [1.54, 1.807) is 0 Å². The van der Waals surface area contributed by atoms with Crippen LogP contribution < -0.4 is 5.73 Å². The lowest BCUT2D eigenvalue weighted by molar-refractivity contribution is 0.0423. The normalized spacial score (nSPS) is 56.7. The van der Waals surface area contributed by atoms with Gasteiger partial charge in [0.05, 0.1) is 12.7 Å². The molecule has 0 unspecified atom stereocenters. The topological polar surface area (TPSA) is 35.2 Å². The van der Waals surface area contributed by atoms with Gasteiger partial charge in [0, 0.05) is 6.04 Å². The molecule has 1 heterocycles. The van der Waals surface area contributed by atoms with Gasteiger partial charge in [0.25, 0.3) is 0 Å². The van der Waals surface area contributed by atoms with Crippen LogP contribution in [-0.4, -0.2) is 18.8 Å². The van der Waals surface area contributed by atoms with Gasteiger partial charge in [-0.25, -0.2) is 0 Å². The molecule has 2 rings (SSSR count). The summed E-state index contributed by atoms with van der Waals surface area (Å²) in [5, 5.41) is 0. The minimum Gasteiger partial charge on any atom is -0.376 e. The van der Waals surface area contributed by atoms with Crippen LogP contribution in [0.25, 0.3) is 0 Å². The van der Waals surface area contributed by atoms with Gasteiger partial charge in [0.2, 0.25) is 0 Å². The first-order valence-corrected chi connectivity index (χ1v) is 3.57. The number of fused-ring (bicyclic) bond motifs is 2. The Balaban J connectivity index is 2.19. The highest BCUT2D eigenvalue weighted by Gasteiger charge is 2.47. The van der Waals surface area contributed by atoms with Gasteiger partial charge in [-0.15, -0.1) is 0 Å². The largest absolute Gasteiger partial charge is 0.376 e. The Morgan fingerprint density at radius 2 is 2.33 bits per heavy atom. The fourth-order valence-corrected chi connectivity index (χ4v) is 2.03. The third-order valence-electron chi connectivity index (χ3n) is 2.55. The SMILES string of the molecule is C[C@]12CO[C@H](C1)[C@H](N)C2. The van der Waals surface area contributed by atoms with Crippen molar-refractivity contribution in [2.24, 2.45) is 11.1 Å². The highest BCUT2D eigenvalue weighted by atomic mass is 16.5. The van der Waals surface area contributed by atoms with E-state index in [0.29, 0.717) is 17.6 Å². The summed E-state index contributed by atoms with van der Waals surface area (Å²) in [6.07, 6.45) is 2.74. The van der Waals surface area contributed by atoms with E-state index in [-0.39, 0.29) is 0 Å². The van der Waals surface area contributed by atoms with Crippen LogP contribution in [0.2, 0.25) is 0 Å². The summed E-state index contributed by atoms with van der Waals surface area (Å²) in [5.41, 5.74) is 6.21. The first kappa shape index (κ1) is 5.69. The second-order valence-corrected chi connectivity index (χ2v) is 3.73. The van der Waals surface area contributed by atoms with Crippen molar-refractivity contribution in [3.63, 3.8) is 0 Å². The third-order valence-corrected chi connectivity index (χ3v) is 2.55. The van der Waals surface area contributed by atoms with Crippen molar-refractivity contribution in [1.29, 1.82) is 0 Å². The number of ether oxygens (including phenoxy) is 1. The molecule has 52 valence electrons. The van der Waals surface area contributed by atoms with Crippen molar-refractivity contribution >= 4 is 0 Å². The van der Waals surface area contributed by atoms with Gasteiger partial charge in [-0.05, 0) is 18.3 Å². The van der Waals surface area contributed by atoms with Crippen molar-refractivity contribution in [2.45, 2.75) is 31.9 Å². The van der Waals surface area contributed by atoms with E-state index in [4.69, 9.17) is 10.5 Å². The van der Waals surface area contributed by atoms with Crippen LogP contribution in [0, 0.1) is 5.41 Å². The zero-order valence-corrected chi connectivity index (χ0v) is 5.76. The second kappa shape index (κ2) is 1.50. The molecule has 2 fully saturated rings. The molecule has 2 N–H and O–H groups in total. The number of hydrogen-bond acceptors (Lipinski definition) is 2. The van der Waals surface area contributed by atoms with Crippen LogP contribution >= 0.6 is 0 Å². The maximum absolute atomic E-state index is 5.78. The Hall–Kier alpha value is -0.0800. The van der Waals surface area contributed by atoms with Crippen molar-refractivity contribution in [3.05, 3.63) is 0 Å². The fraction of sp³-hybridized carbons (Fsp3) is 1.00. The molecular weight excluding hydrogens is 114 g/mol. The summed E-state index contributed by atoms with van der Waals surface area (Å²) in [5.74, 6) is 0. The number of hydrogen-bond donors (Lipinski definition) is 1. The van der Waals surface area contributed by atoms with Crippen molar-refractivity contribution < 1.29 is 4.74 Å². The summed E-state index contributed by atoms with van der Waals surface area (Å²) in [6.45, 7) is 3.20. The zero-order chi connectivity index (χ0) is 6.48. The fourth-order valence-electron chi connectivity index (χ4n) is 2.03. The van der Waals surface area contributed by atoms with Crippen LogP contribution in [0.5, 0.6) is 0 Å². The lowest BCUT2D eigenvalue weighted by Gasteiger charge is -2.23. The van der Waals surface area contributed by atoms with E-state index in [0.717, 1.165) is 13.0 Å². The highest BCUT2D eigenvalue weighted by Crippen LogP contribution is 2.44. The van der Waals surface area contributed by atoms with E-state index >= 15 is 0 Å². The monoisotopic (exact) mass is 127 g/mol. The molecule has 1 saturated heterocycles. The van der Waals surface area contributed by atoms with E-state index in [1.165, 1.54) is 6.42 Å². The van der Waals surface area contributed by atoms with Gasteiger partial charge < -0.3 is 10.5 Å². The maximum Gasteiger partial charge on any atom is 0.0732 e. The molecule has 0 radical (unpaired) electrons. The summed E-state index contributed by atoms with van der Waals surface area (Å²) in [7, 11) is 0. The molecular formula is C7H13NO. The van der Waals surface area contributed by atoms with Gasteiger partial charge in [-0.2, -0.15) is 0 Å². The number of rotatable bonds is 0. The Labute approximate surface area is 55.4 Å². The lowest BCUT2D eigenvalue weighted by Crippen LogP contribution is -2.35. The van der Waals surface area contributed by atoms with Crippen LogP contribution in [0.1, 0.15) is 19.8 Å². The van der Waals surface area contributed by atoms with E-state index in [1.807, 2.05) is 0 Å². The zero-order valence-electron chi connectivity index (χ0n) is 5.76. The molecule has 2 bridgehead atoms. The molecule has 3 atom stereocenters. The standard InChI is InChI=1S/C7H13NO/c1-7-2-5(8)6(3-7)9-4-7/h5-6H,2-4,8H2,1H3/t5-,6-,7-/m1/s1. The van der Waals surface area contributed by atoms with Crippen molar-refractivity contribution in [2.75, 3.05) is 6.61 Å². The van der Waals surface area contributed by atoms with E-state index in [9.17, 15) is 0 Å². The molecule has 9 heavy (non-hydrogen) atoms. The Morgan fingerprint density at radius 1 is 1.56 bits per heavy atom. The van der Waals surface area contributed by atoms with Gasteiger partial charge >= 0.3 is 0 Å². The van der Waals surface area contributed by atoms with Gasteiger partial charge in [0.1, 0.15) is 0 Å². The molecule has 1 aliphatic heterocycles. The third kappa shape index (κ3) is 0.700. The average molecular weight is 127 g/mol. The van der Waals surface area contributed by atoms with Crippen molar-refractivity contribution in [1.82, 2.24) is 0 Å². The van der Waals surface area contributed by atoms with Crippen LogP contribution in [0.15, 0.2) is 0 Å². The molecule has 2 nitrogen and oxygen atoms in total. The molecule has 1 aliphatic carbocycles. The summed E-state index contributed by atoms with van der Waals surface area (Å²) < 4.78 is 5.44. The number of nitrogens with two attached hydrogens (primary N) is 1. The highest BCUT2D eigenvalue weighted by molar-refractivity contribution is 4.99. The smallest absolute Gasteiger partial charge is 0.0732 e. The summed E-state index contributed by atoms with van der Waals surface area (Å²) in [4.78, 5) is 0. The summed E-state index contributed by atoms with van der Waals surface area (Å²) >= 11 is 0.